The third-order valence-corrected chi connectivity index (χ3v) is 4.03. The molecule has 0 aromatic heterocycles. The van der Waals surface area contributed by atoms with Crippen LogP contribution in [-0.4, -0.2) is 46.5 Å². The van der Waals surface area contributed by atoms with E-state index in [4.69, 9.17) is 23.7 Å². The lowest BCUT2D eigenvalue weighted by atomic mass is 9.95. The highest BCUT2D eigenvalue weighted by Crippen LogP contribution is 2.38. The van der Waals surface area contributed by atoms with Crippen LogP contribution in [0.25, 0.3) is 11.1 Å². The molecule has 0 aliphatic rings. The number of esters is 2. The molecule has 0 atom stereocenters. The molecule has 0 heterocycles. The van der Waals surface area contributed by atoms with Gasteiger partial charge in [-0.2, -0.15) is 0 Å². The van der Waals surface area contributed by atoms with Gasteiger partial charge >= 0.3 is 11.9 Å². The minimum atomic E-state index is -0.558. The predicted octanol–water partition coefficient (Wildman–Crippen LogP) is 3.73. The lowest BCUT2D eigenvalue weighted by Crippen LogP contribution is -2.12. The molecular formula is C21H24O7. The van der Waals surface area contributed by atoms with Crippen LogP contribution in [0.15, 0.2) is 30.3 Å². The smallest absolute Gasteiger partial charge is 0.341 e. The van der Waals surface area contributed by atoms with E-state index in [2.05, 4.69) is 0 Å². The standard InChI is InChI=1S/C21H24O7/c1-6-27-20(22)16-12-19(26-5)17(21(23)28-7-2)11-14(16)15-10-13(24-3)8-9-18(15)25-4/h8-12H,6-7H2,1-5H3. The molecule has 7 heteroatoms. The number of ether oxygens (including phenoxy) is 5. The summed E-state index contributed by atoms with van der Waals surface area (Å²) in [5.74, 6) is 0.187. The van der Waals surface area contributed by atoms with Crippen LogP contribution in [0.4, 0.5) is 0 Å². The highest BCUT2D eigenvalue weighted by Gasteiger charge is 2.24. The Hall–Kier alpha value is -3.22. The van der Waals surface area contributed by atoms with Gasteiger partial charge < -0.3 is 23.7 Å². The second-order valence-electron chi connectivity index (χ2n) is 5.61. The van der Waals surface area contributed by atoms with E-state index in [1.54, 1.807) is 38.1 Å². The predicted molar refractivity (Wildman–Crippen MR) is 103 cm³/mol. The summed E-state index contributed by atoms with van der Waals surface area (Å²) in [5.41, 5.74) is 1.44. The molecule has 2 aromatic carbocycles. The van der Waals surface area contributed by atoms with E-state index >= 15 is 0 Å². The van der Waals surface area contributed by atoms with E-state index in [-0.39, 0.29) is 30.1 Å². The van der Waals surface area contributed by atoms with E-state index in [0.29, 0.717) is 22.6 Å². The zero-order valence-corrected chi connectivity index (χ0v) is 16.7. The van der Waals surface area contributed by atoms with Gasteiger partial charge in [-0.25, -0.2) is 9.59 Å². The molecule has 150 valence electrons. The fourth-order valence-corrected chi connectivity index (χ4v) is 2.74. The van der Waals surface area contributed by atoms with Crippen LogP contribution in [-0.2, 0) is 9.47 Å². The van der Waals surface area contributed by atoms with Crippen molar-refractivity contribution in [3.63, 3.8) is 0 Å². The maximum absolute atomic E-state index is 12.6. The molecule has 2 aromatic rings. The molecule has 0 radical (unpaired) electrons. The maximum Gasteiger partial charge on any atom is 0.341 e. The Morgan fingerprint density at radius 1 is 0.714 bits per heavy atom. The van der Waals surface area contributed by atoms with Crippen LogP contribution in [0.5, 0.6) is 17.2 Å². The van der Waals surface area contributed by atoms with Gasteiger partial charge in [0.1, 0.15) is 22.8 Å². The molecule has 0 aliphatic carbocycles. The summed E-state index contributed by atoms with van der Waals surface area (Å²) in [5, 5.41) is 0. The molecule has 0 bridgehead atoms. The van der Waals surface area contributed by atoms with Crippen molar-refractivity contribution >= 4 is 11.9 Å². The van der Waals surface area contributed by atoms with E-state index in [0.717, 1.165) is 0 Å². The minimum absolute atomic E-state index is 0.192. The molecular weight excluding hydrogens is 364 g/mol. The number of methoxy groups -OCH3 is 3. The van der Waals surface area contributed by atoms with Crippen LogP contribution in [0.1, 0.15) is 34.6 Å². The third kappa shape index (κ3) is 4.36. The van der Waals surface area contributed by atoms with Gasteiger partial charge in [-0.1, -0.05) is 0 Å². The molecule has 0 fully saturated rings. The molecule has 0 amide bonds. The van der Waals surface area contributed by atoms with E-state index in [1.807, 2.05) is 0 Å². The number of carbonyl (C=O) groups is 2. The molecule has 2 rings (SSSR count). The largest absolute Gasteiger partial charge is 0.497 e. The Labute approximate surface area is 164 Å². The van der Waals surface area contributed by atoms with Crippen molar-refractivity contribution < 1.29 is 33.3 Å². The van der Waals surface area contributed by atoms with Gasteiger partial charge in [0, 0.05) is 11.1 Å². The summed E-state index contributed by atoms with van der Waals surface area (Å²) >= 11 is 0. The van der Waals surface area contributed by atoms with E-state index in [9.17, 15) is 9.59 Å². The summed E-state index contributed by atoms with van der Waals surface area (Å²) in [6, 6.07) is 8.19. The molecule has 0 aliphatic heterocycles. The number of hydrogen-bond acceptors (Lipinski definition) is 7. The minimum Gasteiger partial charge on any atom is -0.497 e. The third-order valence-electron chi connectivity index (χ3n) is 4.03. The zero-order valence-electron chi connectivity index (χ0n) is 16.7. The van der Waals surface area contributed by atoms with Crippen molar-refractivity contribution in [1.29, 1.82) is 0 Å². The van der Waals surface area contributed by atoms with Crippen LogP contribution in [0, 0.1) is 0 Å². The van der Waals surface area contributed by atoms with Gasteiger partial charge in [0.05, 0.1) is 40.1 Å². The Balaban J connectivity index is 2.80. The van der Waals surface area contributed by atoms with E-state index < -0.39 is 11.9 Å². The first kappa shape index (κ1) is 21.1. The molecule has 7 nitrogen and oxygen atoms in total. The summed E-state index contributed by atoms with van der Waals surface area (Å²) in [6.07, 6.45) is 0. The molecule has 28 heavy (non-hydrogen) atoms. The maximum atomic E-state index is 12.6. The highest BCUT2D eigenvalue weighted by molar-refractivity contribution is 6.03. The fraction of sp³-hybridized carbons (Fsp3) is 0.333. The Kier molecular flexibility index (Phi) is 7.26. The van der Waals surface area contributed by atoms with Crippen molar-refractivity contribution in [3.8, 4) is 28.4 Å². The average molecular weight is 388 g/mol. The van der Waals surface area contributed by atoms with Gasteiger partial charge in [0.2, 0.25) is 0 Å². The van der Waals surface area contributed by atoms with Gasteiger partial charge in [-0.05, 0) is 44.2 Å². The zero-order chi connectivity index (χ0) is 20.7. The molecule has 0 saturated carbocycles. The lowest BCUT2D eigenvalue weighted by Gasteiger charge is -2.17. The van der Waals surface area contributed by atoms with Crippen LogP contribution >= 0.6 is 0 Å². The van der Waals surface area contributed by atoms with Crippen molar-refractivity contribution in [2.45, 2.75) is 13.8 Å². The average Bonchev–Trinajstić information content (AvgIpc) is 2.72. The number of carbonyl (C=O) groups excluding carboxylic acids is 2. The lowest BCUT2D eigenvalue weighted by molar-refractivity contribution is 0.0509. The van der Waals surface area contributed by atoms with Crippen molar-refractivity contribution in [2.24, 2.45) is 0 Å². The molecule has 0 unspecified atom stereocenters. The Morgan fingerprint density at radius 2 is 1.32 bits per heavy atom. The van der Waals surface area contributed by atoms with Crippen molar-refractivity contribution in [3.05, 3.63) is 41.5 Å². The summed E-state index contributed by atoms with van der Waals surface area (Å²) < 4.78 is 26.4. The molecule has 0 saturated heterocycles. The van der Waals surface area contributed by atoms with Gasteiger partial charge in [-0.15, -0.1) is 0 Å². The Morgan fingerprint density at radius 3 is 1.86 bits per heavy atom. The Bertz CT molecular complexity index is 858. The van der Waals surface area contributed by atoms with Gasteiger partial charge in [0.25, 0.3) is 0 Å². The fourth-order valence-electron chi connectivity index (χ4n) is 2.74. The summed E-state index contributed by atoms with van der Waals surface area (Å²) in [4.78, 5) is 25.0. The van der Waals surface area contributed by atoms with Crippen molar-refractivity contribution in [2.75, 3.05) is 34.5 Å². The number of benzene rings is 2. The number of rotatable bonds is 8. The van der Waals surface area contributed by atoms with Gasteiger partial charge in [-0.3, -0.25) is 0 Å². The van der Waals surface area contributed by atoms with Crippen molar-refractivity contribution in [1.82, 2.24) is 0 Å². The summed E-state index contributed by atoms with van der Waals surface area (Å²) in [7, 11) is 4.47. The number of hydrogen-bond donors (Lipinski definition) is 0. The highest BCUT2D eigenvalue weighted by atomic mass is 16.5. The van der Waals surface area contributed by atoms with Crippen LogP contribution in [0.2, 0.25) is 0 Å². The second kappa shape index (κ2) is 9.64. The van der Waals surface area contributed by atoms with Gasteiger partial charge in [0.15, 0.2) is 0 Å². The van der Waals surface area contributed by atoms with E-state index in [1.165, 1.54) is 27.4 Å². The normalized spacial score (nSPS) is 10.2. The summed E-state index contributed by atoms with van der Waals surface area (Å²) in [6.45, 7) is 3.84. The monoisotopic (exact) mass is 388 g/mol. The van der Waals surface area contributed by atoms with Crippen LogP contribution in [0.3, 0.4) is 0 Å². The SMILES string of the molecule is CCOC(=O)c1cc(-c2cc(OC)ccc2OC)c(C(=O)OCC)cc1OC. The molecule has 0 N–H and O–H groups in total. The molecule has 0 spiro atoms. The topological polar surface area (TPSA) is 80.3 Å². The first-order valence-electron chi connectivity index (χ1n) is 8.79. The second-order valence-corrected chi connectivity index (χ2v) is 5.61. The van der Waals surface area contributed by atoms with Crippen LogP contribution < -0.4 is 14.2 Å². The quantitative estimate of drug-likeness (QED) is 0.637. The first-order chi connectivity index (χ1) is 13.5. The first-order valence-corrected chi connectivity index (χ1v) is 8.79.